The van der Waals surface area contributed by atoms with Crippen LogP contribution in [0, 0.1) is 5.92 Å². The molecule has 3 heteroatoms. The molecule has 1 aliphatic heterocycles. The molecule has 2 fully saturated rings. The predicted molar refractivity (Wildman–Crippen MR) is 68.0 cm³/mol. The third-order valence-electron chi connectivity index (χ3n) is 3.93. The maximum absolute atomic E-state index is 9.93. The molecule has 1 aromatic carbocycles. The van der Waals surface area contributed by atoms with Crippen LogP contribution >= 0.6 is 0 Å². The molecule has 2 aliphatic rings. The van der Waals surface area contributed by atoms with Gasteiger partial charge in [-0.1, -0.05) is 37.3 Å². The Morgan fingerprint density at radius 3 is 2.72 bits per heavy atom. The van der Waals surface area contributed by atoms with Gasteiger partial charge in [0.2, 0.25) is 0 Å². The van der Waals surface area contributed by atoms with Crippen molar-refractivity contribution in [2.24, 2.45) is 5.92 Å². The summed E-state index contributed by atoms with van der Waals surface area (Å²) in [6.45, 7) is 2.76. The van der Waals surface area contributed by atoms with Gasteiger partial charge in [-0.05, 0) is 18.8 Å². The maximum atomic E-state index is 9.93. The van der Waals surface area contributed by atoms with Crippen LogP contribution in [0.15, 0.2) is 30.3 Å². The van der Waals surface area contributed by atoms with E-state index >= 15 is 0 Å². The van der Waals surface area contributed by atoms with Crippen molar-refractivity contribution in [1.82, 2.24) is 0 Å². The van der Waals surface area contributed by atoms with E-state index in [1.54, 1.807) is 0 Å². The molecule has 0 amide bonds. The number of aliphatic hydroxyl groups is 1. The molecule has 98 valence electrons. The van der Waals surface area contributed by atoms with Crippen molar-refractivity contribution >= 4 is 0 Å². The number of hydrogen-bond donors (Lipinski definition) is 1. The summed E-state index contributed by atoms with van der Waals surface area (Å²) in [6, 6.07) is 10.0. The van der Waals surface area contributed by atoms with Crippen LogP contribution in [-0.4, -0.2) is 23.4 Å². The number of ether oxygens (including phenoxy) is 2. The van der Waals surface area contributed by atoms with Crippen LogP contribution in [0.4, 0.5) is 0 Å². The van der Waals surface area contributed by atoms with Gasteiger partial charge in [-0.25, -0.2) is 0 Å². The first-order valence-electron chi connectivity index (χ1n) is 6.69. The van der Waals surface area contributed by atoms with E-state index in [2.05, 4.69) is 6.92 Å². The topological polar surface area (TPSA) is 38.7 Å². The van der Waals surface area contributed by atoms with Crippen molar-refractivity contribution in [3.8, 4) is 0 Å². The Morgan fingerprint density at radius 2 is 2.00 bits per heavy atom. The van der Waals surface area contributed by atoms with Gasteiger partial charge >= 0.3 is 0 Å². The zero-order valence-electron chi connectivity index (χ0n) is 10.7. The molecule has 1 unspecified atom stereocenters. The monoisotopic (exact) mass is 248 g/mol. The zero-order chi connectivity index (χ0) is 12.6. The van der Waals surface area contributed by atoms with Gasteiger partial charge in [-0.2, -0.15) is 0 Å². The van der Waals surface area contributed by atoms with Gasteiger partial charge in [0.15, 0.2) is 6.29 Å². The smallest absolute Gasteiger partial charge is 0.184 e. The molecule has 1 saturated carbocycles. The molecule has 1 spiro atoms. The van der Waals surface area contributed by atoms with Crippen LogP contribution in [-0.2, 0) is 9.47 Å². The average Bonchev–Trinajstić information content (AvgIpc) is 2.72. The van der Waals surface area contributed by atoms with E-state index in [0.29, 0.717) is 18.9 Å². The summed E-state index contributed by atoms with van der Waals surface area (Å²) in [4.78, 5) is 0. The van der Waals surface area contributed by atoms with Crippen LogP contribution in [0.1, 0.15) is 38.0 Å². The second-order valence-corrected chi connectivity index (χ2v) is 5.76. The first kappa shape index (κ1) is 12.2. The summed E-state index contributed by atoms with van der Waals surface area (Å²) in [5.41, 5.74) is 0.777. The van der Waals surface area contributed by atoms with Crippen molar-refractivity contribution in [2.75, 3.05) is 6.61 Å². The molecule has 3 nitrogen and oxygen atoms in total. The summed E-state index contributed by atoms with van der Waals surface area (Å²) in [5.74, 6) is 0.492. The zero-order valence-corrected chi connectivity index (χ0v) is 10.7. The summed E-state index contributed by atoms with van der Waals surface area (Å²) in [7, 11) is 0. The summed E-state index contributed by atoms with van der Waals surface area (Å²) in [6.07, 6.45) is 2.02. The Morgan fingerprint density at radius 1 is 1.22 bits per heavy atom. The van der Waals surface area contributed by atoms with Crippen LogP contribution < -0.4 is 0 Å². The molecule has 4 atom stereocenters. The van der Waals surface area contributed by atoms with Gasteiger partial charge in [0.25, 0.3) is 0 Å². The normalized spacial score (nSPS) is 40.2. The van der Waals surface area contributed by atoms with Crippen molar-refractivity contribution < 1.29 is 14.6 Å². The number of benzene rings is 1. The average molecular weight is 248 g/mol. The minimum absolute atomic E-state index is 0.258. The Kier molecular flexibility index (Phi) is 3.14. The first-order valence-corrected chi connectivity index (χ1v) is 6.69. The molecule has 0 aromatic heterocycles. The molecule has 0 bridgehead atoms. The summed E-state index contributed by atoms with van der Waals surface area (Å²) >= 11 is 0. The van der Waals surface area contributed by atoms with E-state index in [9.17, 15) is 5.11 Å². The molecule has 3 rings (SSSR count). The van der Waals surface area contributed by atoms with Crippen LogP contribution in [0.25, 0.3) is 0 Å². The molecule has 1 aliphatic carbocycles. The minimum atomic E-state index is -0.280. The van der Waals surface area contributed by atoms with Crippen LogP contribution in [0.3, 0.4) is 0 Å². The minimum Gasteiger partial charge on any atom is -0.393 e. The quantitative estimate of drug-likeness (QED) is 0.830. The van der Waals surface area contributed by atoms with Crippen molar-refractivity contribution in [3.63, 3.8) is 0 Å². The summed E-state index contributed by atoms with van der Waals surface area (Å²) < 4.78 is 11.9. The molecular formula is C15H20O3. The van der Waals surface area contributed by atoms with Crippen molar-refractivity contribution in [3.05, 3.63) is 35.9 Å². The Bertz CT molecular complexity index is 393. The number of hydrogen-bond acceptors (Lipinski definition) is 3. The highest BCUT2D eigenvalue weighted by Crippen LogP contribution is 2.44. The van der Waals surface area contributed by atoms with Crippen molar-refractivity contribution in [2.45, 2.75) is 44.2 Å². The first-order chi connectivity index (χ1) is 8.67. The van der Waals surface area contributed by atoms with E-state index in [1.165, 1.54) is 0 Å². The highest BCUT2D eigenvalue weighted by Gasteiger charge is 2.46. The maximum Gasteiger partial charge on any atom is 0.184 e. The van der Waals surface area contributed by atoms with E-state index in [1.807, 2.05) is 30.3 Å². The standard InChI is InChI=1S/C15H20O3/c1-11-7-13(16)9-15(8-11)10-17-14(18-15)12-5-3-2-4-6-12/h2-6,11,13-14,16H,7-10H2,1H3/t11-,13-,14?,15+/m0/s1. The lowest BCUT2D eigenvalue weighted by atomic mass is 9.78. The predicted octanol–water partition coefficient (Wildman–Crippen LogP) is 2.65. The molecule has 0 radical (unpaired) electrons. The second-order valence-electron chi connectivity index (χ2n) is 5.76. The highest BCUT2D eigenvalue weighted by molar-refractivity contribution is 5.17. The van der Waals surface area contributed by atoms with E-state index in [-0.39, 0.29) is 18.0 Å². The number of rotatable bonds is 1. The number of aliphatic hydroxyl groups excluding tert-OH is 1. The Balaban J connectivity index is 1.74. The lowest BCUT2D eigenvalue weighted by Crippen LogP contribution is -2.42. The Labute approximate surface area is 108 Å². The molecule has 1 saturated heterocycles. The lowest BCUT2D eigenvalue weighted by Gasteiger charge is -2.37. The van der Waals surface area contributed by atoms with Gasteiger partial charge in [0.05, 0.1) is 18.3 Å². The molecule has 1 heterocycles. The third-order valence-corrected chi connectivity index (χ3v) is 3.93. The lowest BCUT2D eigenvalue weighted by molar-refractivity contribution is -0.124. The molecule has 1 aromatic rings. The fourth-order valence-corrected chi connectivity index (χ4v) is 3.29. The van der Waals surface area contributed by atoms with Crippen LogP contribution in [0.2, 0.25) is 0 Å². The second kappa shape index (κ2) is 4.65. The Hall–Kier alpha value is -0.900. The highest BCUT2D eigenvalue weighted by atomic mass is 16.7. The summed E-state index contributed by atoms with van der Waals surface area (Å²) in [5, 5.41) is 9.93. The molecular weight excluding hydrogens is 228 g/mol. The molecule has 1 N–H and O–H groups in total. The van der Waals surface area contributed by atoms with Crippen molar-refractivity contribution in [1.29, 1.82) is 0 Å². The molecule has 18 heavy (non-hydrogen) atoms. The fourth-order valence-electron chi connectivity index (χ4n) is 3.29. The van der Waals surface area contributed by atoms with Gasteiger partial charge in [-0.3, -0.25) is 0 Å². The van der Waals surface area contributed by atoms with Crippen LogP contribution in [0.5, 0.6) is 0 Å². The van der Waals surface area contributed by atoms with E-state index in [4.69, 9.17) is 9.47 Å². The van der Waals surface area contributed by atoms with Gasteiger partial charge in [0, 0.05) is 12.0 Å². The van der Waals surface area contributed by atoms with Gasteiger partial charge in [0.1, 0.15) is 0 Å². The third kappa shape index (κ3) is 2.30. The fraction of sp³-hybridized carbons (Fsp3) is 0.600. The largest absolute Gasteiger partial charge is 0.393 e. The SMILES string of the molecule is C[C@H]1C[C@H](O)C[C@@]2(COC(c3ccccc3)O2)C1. The van der Waals surface area contributed by atoms with Gasteiger partial charge in [-0.15, -0.1) is 0 Å². The van der Waals surface area contributed by atoms with Gasteiger partial charge < -0.3 is 14.6 Å². The van der Waals surface area contributed by atoms with E-state index in [0.717, 1.165) is 18.4 Å². The van der Waals surface area contributed by atoms with E-state index < -0.39 is 0 Å².